The van der Waals surface area contributed by atoms with Crippen LogP contribution < -0.4 is 16.0 Å². The topological polar surface area (TPSA) is 144 Å². The molecular formula is C22H23FN4O5. The molecule has 9 nitrogen and oxygen atoms in total. The number of rotatable bonds is 9. The summed E-state index contributed by atoms with van der Waals surface area (Å²) < 4.78 is 13.2. The van der Waals surface area contributed by atoms with Gasteiger partial charge in [0.25, 0.3) is 5.91 Å². The lowest BCUT2D eigenvalue weighted by Crippen LogP contribution is -2.43. The molecule has 0 saturated heterocycles. The quantitative estimate of drug-likeness (QED) is 0.282. The summed E-state index contributed by atoms with van der Waals surface area (Å²) in [5.41, 5.74) is 2.85. The summed E-state index contributed by atoms with van der Waals surface area (Å²) in [5, 5.41) is 25.5. The van der Waals surface area contributed by atoms with E-state index in [1.54, 1.807) is 24.4 Å². The third kappa shape index (κ3) is 5.97. The third-order valence-electron chi connectivity index (χ3n) is 4.95. The van der Waals surface area contributed by atoms with Crippen molar-refractivity contribution < 1.29 is 29.0 Å². The van der Waals surface area contributed by atoms with Gasteiger partial charge in [0.05, 0.1) is 5.56 Å². The SMILES string of the molecule is O=C(O)NCCC[C@@H](CNC(=O)c1c[nH]c2cc(-c3ccc(F)cc3)ccc12)NC(=O)O. The van der Waals surface area contributed by atoms with Gasteiger partial charge >= 0.3 is 12.2 Å². The number of halogens is 1. The van der Waals surface area contributed by atoms with Gasteiger partial charge in [-0.1, -0.05) is 24.3 Å². The number of carbonyl (C=O) groups excluding carboxylic acids is 1. The number of carbonyl (C=O) groups is 3. The van der Waals surface area contributed by atoms with Crippen LogP contribution in [0.3, 0.4) is 0 Å². The first-order chi connectivity index (χ1) is 15.3. The highest BCUT2D eigenvalue weighted by Gasteiger charge is 2.16. The van der Waals surface area contributed by atoms with E-state index in [1.807, 2.05) is 12.1 Å². The Morgan fingerprint density at radius 2 is 1.69 bits per heavy atom. The summed E-state index contributed by atoms with van der Waals surface area (Å²) in [6, 6.07) is 11.0. The fourth-order valence-electron chi connectivity index (χ4n) is 3.39. The number of aromatic amines is 1. The van der Waals surface area contributed by atoms with Crippen LogP contribution in [0, 0.1) is 5.82 Å². The molecule has 1 aromatic heterocycles. The minimum atomic E-state index is -1.23. The molecular weight excluding hydrogens is 419 g/mol. The normalized spacial score (nSPS) is 11.7. The summed E-state index contributed by atoms with van der Waals surface area (Å²) in [6.45, 7) is 0.235. The summed E-state index contributed by atoms with van der Waals surface area (Å²) in [4.78, 5) is 37.2. The number of aromatic nitrogens is 1. The lowest BCUT2D eigenvalue weighted by molar-refractivity contribution is 0.0949. The Morgan fingerprint density at radius 1 is 0.969 bits per heavy atom. The molecule has 168 valence electrons. The number of benzene rings is 2. The Hall–Kier alpha value is -4.08. The van der Waals surface area contributed by atoms with Gasteiger partial charge < -0.3 is 31.1 Å². The largest absolute Gasteiger partial charge is 0.465 e. The maximum atomic E-state index is 13.2. The molecule has 0 aliphatic rings. The van der Waals surface area contributed by atoms with E-state index in [0.29, 0.717) is 23.8 Å². The zero-order chi connectivity index (χ0) is 23.1. The van der Waals surface area contributed by atoms with Crippen molar-refractivity contribution in [2.75, 3.05) is 13.1 Å². The average molecular weight is 442 g/mol. The molecule has 3 amide bonds. The molecule has 0 bridgehead atoms. The molecule has 0 aliphatic heterocycles. The van der Waals surface area contributed by atoms with E-state index < -0.39 is 18.2 Å². The molecule has 0 fully saturated rings. The van der Waals surface area contributed by atoms with Crippen molar-refractivity contribution >= 4 is 29.0 Å². The van der Waals surface area contributed by atoms with E-state index in [1.165, 1.54) is 12.1 Å². The predicted molar refractivity (Wildman–Crippen MR) is 116 cm³/mol. The van der Waals surface area contributed by atoms with Crippen LogP contribution >= 0.6 is 0 Å². The smallest absolute Gasteiger partial charge is 0.404 e. The van der Waals surface area contributed by atoms with E-state index >= 15 is 0 Å². The van der Waals surface area contributed by atoms with Crippen LogP contribution in [0.5, 0.6) is 0 Å². The van der Waals surface area contributed by atoms with Gasteiger partial charge in [-0.25, -0.2) is 14.0 Å². The van der Waals surface area contributed by atoms with Crippen molar-refractivity contribution in [3.05, 3.63) is 60.0 Å². The molecule has 10 heteroatoms. The molecule has 0 radical (unpaired) electrons. The molecule has 0 spiro atoms. The predicted octanol–water partition coefficient (Wildman–Crippen LogP) is 3.39. The zero-order valence-corrected chi connectivity index (χ0v) is 17.0. The van der Waals surface area contributed by atoms with Crippen LogP contribution in [-0.2, 0) is 0 Å². The van der Waals surface area contributed by atoms with Crippen LogP contribution in [-0.4, -0.2) is 52.4 Å². The molecule has 3 aromatic rings. The number of hydrogen-bond donors (Lipinski definition) is 6. The van der Waals surface area contributed by atoms with E-state index in [4.69, 9.17) is 10.2 Å². The second kappa shape index (κ2) is 10.3. The number of amides is 3. The van der Waals surface area contributed by atoms with Gasteiger partial charge in [0.1, 0.15) is 5.82 Å². The van der Waals surface area contributed by atoms with Crippen molar-refractivity contribution in [2.24, 2.45) is 0 Å². The molecule has 32 heavy (non-hydrogen) atoms. The van der Waals surface area contributed by atoms with E-state index in [2.05, 4.69) is 20.9 Å². The van der Waals surface area contributed by atoms with Crippen LogP contribution in [0.25, 0.3) is 22.0 Å². The number of carboxylic acid groups (broad SMARTS) is 2. The molecule has 2 aromatic carbocycles. The summed E-state index contributed by atoms with van der Waals surface area (Å²) in [5.74, 6) is -0.686. The molecule has 0 saturated carbocycles. The van der Waals surface area contributed by atoms with Gasteiger partial charge in [-0.15, -0.1) is 0 Å². The van der Waals surface area contributed by atoms with Gasteiger partial charge in [0.2, 0.25) is 0 Å². The van der Waals surface area contributed by atoms with Crippen molar-refractivity contribution in [3.63, 3.8) is 0 Å². The third-order valence-corrected chi connectivity index (χ3v) is 4.95. The second-order valence-electron chi connectivity index (χ2n) is 7.20. The minimum absolute atomic E-state index is 0.0541. The Balaban J connectivity index is 1.65. The fourth-order valence-corrected chi connectivity index (χ4v) is 3.39. The fraction of sp³-hybridized carbons (Fsp3) is 0.227. The lowest BCUT2D eigenvalue weighted by atomic mass is 10.0. The van der Waals surface area contributed by atoms with Crippen LogP contribution in [0.15, 0.2) is 48.7 Å². The van der Waals surface area contributed by atoms with E-state index in [-0.39, 0.29) is 24.8 Å². The van der Waals surface area contributed by atoms with Gasteiger partial charge in [-0.2, -0.15) is 0 Å². The van der Waals surface area contributed by atoms with Crippen molar-refractivity contribution in [3.8, 4) is 11.1 Å². The molecule has 6 N–H and O–H groups in total. The van der Waals surface area contributed by atoms with Crippen molar-refractivity contribution in [1.82, 2.24) is 20.9 Å². The number of nitrogens with one attached hydrogen (secondary N) is 4. The Labute approximate surface area is 182 Å². The standard InChI is InChI=1S/C22H23FN4O5/c23-15-6-3-13(4-7-15)14-5-8-17-18(12-25-19(17)10-14)20(28)26-11-16(27-22(31)32)2-1-9-24-21(29)30/h3-8,10,12,16,24-25,27H,1-2,9,11H2,(H,26,28)(H,29,30)(H,31,32)/t16-/m0/s1. The summed E-state index contributed by atoms with van der Waals surface area (Å²) >= 11 is 0. The zero-order valence-electron chi connectivity index (χ0n) is 17.0. The Bertz CT molecular complexity index is 1110. The minimum Gasteiger partial charge on any atom is -0.465 e. The van der Waals surface area contributed by atoms with Crippen LogP contribution in [0.2, 0.25) is 0 Å². The highest BCUT2D eigenvalue weighted by atomic mass is 19.1. The first-order valence-electron chi connectivity index (χ1n) is 9.95. The van der Waals surface area contributed by atoms with Gasteiger partial charge in [0.15, 0.2) is 0 Å². The van der Waals surface area contributed by atoms with Crippen LogP contribution in [0.1, 0.15) is 23.2 Å². The summed E-state index contributed by atoms with van der Waals surface area (Å²) in [6.07, 6.45) is -0.0438. The van der Waals surface area contributed by atoms with Crippen molar-refractivity contribution in [2.45, 2.75) is 18.9 Å². The first-order valence-corrected chi connectivity index (χ1v) is 9.95. The molecule has 1 heterocycles. The molecule has 1 atom stereocenters. The molecule has 0 unspecified atom stereocenters. The number of H-pyrrole nitrogens is 1. The summed E-state index contributed by atoms with van der Waals surface area (Å²) in [7, 11) is 0. The maximum absolute atomic E-state index is 13.2. The van der Waals surface area contributed by atoms with Gasteiger partial charge in [-0.3, -0.25) is 4.79 Å². The monoisotopic (exact) mass is 442 g/mol. The highest BCUT2D eigenvalue weighted by molar-refractivity contribution is 6.07. The number of hydrogen-bond acceptors (Lipinski definition) is 3. The average Bonchev–Trinajstić information content (AvgIpc) is 3.18. The first kappa shape index (κ1) is 22.6. The molecule has 3 rings (SSSR count). The van der Waals surface area contributed by atoms with Gasteiger partial charge in [-0.05, 0) is 42.2 Å². The lowest BCUT2D eigenvalue weighted by Gasteiger charge is -2.17. The maximum Gasteiger partial charge on any atom is 0.404 e. The Morgan fingerprint density at radius 3 is 2.38 bits per heavy atom. The Kier molecular flexibility index (Phi) is 7.27. The highest BCUT2D eigenvalue weighted by Crippen LogP contribution is 2.26. The van der Waals surface area contributed by atoms with Crippen molar-refractivity contribution in [1.29, 1.82) is 0 Å². The second-order valence-corrected chi connectivity index (χ2v) is 7.20. The molecule has 0 aliphatic carbocycles. The van der Waals surface area contributed by atoms with Crippen LogP contribution in [0.4, 0.5) is 14.0 Å². The van der Waals surface area contributed by atoms with E-state index in [0.717, 1.165) is 16.6 Å². The van der Waals surface area contributed by atoms with Gasteiger partial charge in [0, 0.05) is 36.2 Å². The number of fused-ring (bicyclic) bond motifs is 1. The van der Waals surface area contributed by atoms with E-state index in [9.17, 15) is 18.8 Å².